The molecule has 1 aromatic rings. The highest BCUT2D eigenvalue weighted by Crippen LogP contribution is 2.49. The molecule has 0 bridgehead atoms. The maximum atomic E-state index is 13.2. The molecule has 146 valence electrons. The molecule has 2 N–H and O–H groups in total. The lowest BCUT2D eigenvalue weighted by molar-refractivity contribution is -0.139. The van der Waals surface area contributed by atoms with Gasteiger partial charge in [-0.15, -0.1) is 0 Å². The van der Waals surface area contributed by atoms with E-state index in [9.17, 15) is 9.59 Å². The van der Waals surface area contributed by atoms with E-state index in [0.29, 0.717) is 31.9 Å². The molecule has 0 aromatic carbocycles. The molecular formula is C19H27N5O3. The van der Waals surface area contributed by atoms with E-state index in [1.807, 2.05) is 18.7 Å². The zero-order valence-corrected chi connectivity index (χ0v) is 16.3. The molecule has 27 heavy (non-hydrogen) atoms. The molecule has 0 unspecified atom stereocenters. The summed E-state index contributed by atoms with van der Waals surface area (Å²) in [5.74, 6) is 0.407. The van der Waals surface area contributed by atoms with E-state index in [-0.39, 0.29) is 41.5 Å². The number of hydrogen-bond acceptors (Lipinski definition) is 6. The van der Waals surface area contributed by atoms with Crippen LogP contribution >= 0.6 is 0 Å². The number of carbonyl (C=O) groups excluding carboxylic acids is 2. The summed E-state index contributed by atoms with van der Waals surface area (Å²) in [6, 6.07) is 1.50. The Kier molecular flexibility index (Phi) is 4.14. The summed E-state index contributed by atoms with van der Waals surface area (Å²) in [5.41, 5.74) is 6.16. The van der Waals surface area contributed by atoms with E-state index in [2.05, 4.69) is 23.8 Å². The molecule has 3 fully saturated rings. The highest BCUT2D eigenvalue weighted by molar-refractivity contribution is 5.94. The average Bonchev–Trinajstić information content (AvgIpc) is 3.23. The first-order valence-electron chi connectivity index (χ1n) is 9.66. The van der Waals surface area contributed by atoms with Gasteiger partial charge < -0.3 is 20.3 Å². The van der Waals surface area contributed by atoms with Gasteiger partial charge >= 0.3 is 0 Å². The van der Waals surface area contributed by atoms with Crippen LogP contribution in [0.1, 0.15) is 62.6 Å². The van der Waals surface area contributed by atoms with Crippen LogP contribution in [0.15, 0.2) is 6.07 Å². The standard InChI is InChI=1S/C19H27N5O3/c1-10(2)12-7-13(22-18(20)21-12)17(26)23-6-5-19-15(23)8-16(25)24(19)14(9-27-19)11(3)4/h7,10-11,14-15H,5-6,8-9H2,1-4H3,(H2,20,21,22)/t14-,15+,19-/m0/s1. The first-order chi connectivity index (χ1) is 12.7. The molecule has 0 saturated carbocycles. The van der Waals surface area contributed by atoms with Gasteiger partial charge in [0.25, 0.3) is 5.91 Å². The lowest BCUT2D eigenvalue weighted by Gasteiger charge is -2.34. The summed E-state index contributed by atoms with van der Waals surface area (Å²) in [6.45, 7) is 9.25. The maximum Gasteiger partial charge on any atom is 0.273 e. The van der Waals surface area contributed by atoms with Gasteiger partial charge in [0.05, 0.1) is 25.1 Å². The second-order valence-electron chi connectivity index (χ2n) is 8.39. The molecule has 3 saturated heterocycles. The van der Waals surface area contributed by atoms with E-state index in [0.717, 1.165) is 5.69 Å². The fourth-order valence-corrected chi connectivity index (χ4v) is 4.65. The number of anilines is 1. The Balaban J connectivity index is 1.64. The SMILES string of the molecule is CC(C)c1cc(C(=O)N2CC[C@@]34OC[C@@H](C(C)C)N3C(=O)C[C@@H]24)nc(N)n1. The van der Waals surface area contributed by atoms with E-state index in [1.54, 1.807) is 11.0 Å². The van der Waals surface area contributed by atoms with Crippen LogP contribution in [0.5, 0.6) is 0 Å². The molecule has 4 rings (SSSR count). The van der Waals surface area contributed by atoms with Crippen LogP contribution in [0.2, 0.25) is 0 Å². The van der Waals surface area contributed by atoms with Gasteiger partial charge in [0.2, 0.25) is 11.9 Å². The van der Waals surface area contributed by atoms with E-state index < -0.39 is 5.72 Å². The topological polar surface area (TPSA) is 102 Å². The summed E-state index contributed by atoms with van der Waals surface area (Å²) in [7, 11) is 0. The largest absolute Gasteiger partial charge is 0.368 e. The van der Waals surface area contributed by atoms with Crippen molar-refractivity contribution in [3.63, 3.8) is 0 Å². The van der Waals surface area contributed by atoms with Crippen molar-refractivity contribution in [2.24, 2.45) is 5.92 Å². The van der Waals surface area contributed by atoms with Crippen LogP contribution in [0.3, 0.4) is 0 Å². The Morgan fingerprint density at radius 2 is 2.07 bits per heavy atom. The van der Waals surface area contributed by atoms with Gasteiger partial charge in [-0.2, -0.15) is 0 Å². The number of nitrogens with zero attached hydrogens (tertiary/aromatic N) is 4. The second kappa shape index (κ2) is 6.15. The number of likely N-dealkylation sites (tertiary alicyclic amines) is 1. The van der Waals surface area contributed by atoms with Crippen molar-refractivity contribution in [1.82, 2.24) is 19.8 Å². The summed E-state index contributed by atoms with van der Waals surface area (Å²) < 4.78 is 6.19. The third-order valence-electron chi connectivity index (χ3n) is 6.09. The van der Waals surface area contributed by atoms with Crippen LogP contribution in [0.25, 0.3) is 0 Å². The molecule has 1 aromatic heterocycles. The average molecular weight is 373 g/mol. The van der Waals surface area contributed by atoms with Crippen molar-refractivity contribution in [2.75, 3.05) is 18.9 Å². The normalized spacial score (nSPS) is 29.8. The Morgan fingerprint density at radius 3 is 2.74 bits per heavy atom. The quantitative estimate of drug-likeness (QED) is 0.859. The van der Waals surface area contributed by atoms with Crippen molar-refractivity contribution >= 4 is 17.8 Å². The maximum absolute atomic E-state index is 13.2. The molecule has 2 amide bonds. The molecule has 3 atom stereocenters. The number of amides is 2. The third-order valence-corrected chi connectivity index (χ3v) is 6.09. The van der Waals surface area contributed by atoms with Crippen molar-refractivity contribution in [3.05, 3.63) is 17.5 Å². The zero-order chi connectivity index (χ0) is 19.5. The van der Waals surface area contributed by atoms with Gasteiger partial charge in [-0.25, -0.2) is 9.97 Å². The van der Waals surface area contributed by atoms with Gasteiger partial charge in [0.1, 0.15) is 5.69 Å². The van der Waals surface area contributed by atoms with Gasteiger partial charge in [-0.05, 0) is 17.9 Å². The summed E-state index contributed by atoms with van der Waals surface area (Å²) in [4.78, 5) is 38.0. The summed E-state index contributed by atoms with van der Waals surface area (Å²) in [6.07, 6.45) is 0.933. The zero-order valence-electron chi connectivity index (χ0n) is 16.3. The Labute approximate surface area is 159 Å². The second-order valence-corrected chi connectivity index (χ2v) is 8.39. The van der Waals surface area contributed by atoms with Crippen LogP contribution in [0.4, 0.5) is 5.95 Å². The molecular weight excluding hydrogens is 346 g/mol. The highest BCUT2D eigenvalue weighted by atomic mass is 16.5. The number of rotatable bonds is 3. The smallest absolute Gasteiger partial charge is 0.273 e. The number of aromatic nitrogens is 2. The number of nitrogens with two attached hydrogens (primary N) is 1. The molecule has 3 aliphatic rings. The fourth-order valence-electron chi connectivity index (χ4n) is 4.65. The molecule has 0 aliphatic carbocycles. The Morgan fingerprint density at radius 1 is 1.33 bits per heavy atom. The predicted molar refractivity (Wildman–Crippen MR) is 98.7 cm³/mol. The number of nitrogen functional groups attached to an aromatic ring is 1. The van der Waals surface area contributed by atoms with E-state index in [4.69, 9.17) is 10.5 Å². The fraction of sp³-hybridized carbons (Fsp3) is 0.684. The van der Waals surface area contributed by atoms with Crippen LogP contribution in [-0.2, 0) is 9.53 Å². The van der Waals surface area contributed by atoms with Crippen molar-refractivity contribution in [3.8, 4) is 0 Å². The predicted octanol–water partition coefficient (Wildman–Crippen LogP) is 1.38. The van der Waals surface area contributed by atoms with Crippen molar-refractivity contribution in [1.29, 1.82) is 0 Å². The minimum atomic E-state index is -0.679. The Bertz CT molecular complexity index is 796. The van der Waals surface area contributed by atoms with Crippen molar-refractivity contribution < 1.29 is 14.3 Å². The monoisotopic (exact) mass is 373 g/mol. The molecule has 8 heteroatoms. The third kappa shape index (κ3) is 2.61. The molecule has 3 aliphatic heterocycles. The summed E-state index contributed by atoms with van der Waals surface area (Å²) in [5, 5.41) is 0. The van der Waals surface area contributed by atoms with Gasteiger partial charge in [-0.3, -0.25) is 9.59 Å². The lowest BCUT2D eigenvalue weighted by Crippen LogP contribution is -2.51. The van der Waals surface area contributed by atoms with Crippen LogP contribution in [-0.4, -0.2) is 62.5 Å². The highest BCUT2D eigenvalue weighted by Gasteiger charge is 2.65. The minimum absolute atomic E-state index is 0.0683. The van der Waals surface area contributed by atoms with Gasteiger partial charge in [0.15, 0.2) is 5.72 Å². The molecule has 8 nitrogen and oxygen atoms in total. The number of ether oxygens (including phenoxy) is 1. The Hall–Kier alpha value is -2.22. The molecule has 1 spiro atoms. The number of hydrogen-bond donors (Lipinski definition) is 1. The molecule has 4 heterocycles. The van der Waals surface area contributed by atoms with Crippen LogP contribution in [0, 0.1) is 5.92 Å². The number of carbonyl (C=O) groups is 2. The van der Waals surface area contributed by atoms with Crippen molar-refractivity contribution in [2.45, 2.75) is 64.3 Å². The molecule has 0 radical (unpaired) electrons. The first kappa shape index (κ1) is 18.2. The lowest BCUT2D eigenvalue weighted by atomic mass is 10.0. The van der Waals surface area contributed by atoms with E-state index >= 15 is 0 Å². The minimum Gasteiger partial charge on any atom is -0.368 e. The van der Waals surface area contributed by atoms with Gasteiger partial charge in [0, 0.05) is 18.7 Å². The van der Waals surface area contributed by atoms with Crippen LogP contribution < -0.4 is 5.73 Å². The van der Waals surface area contributed by atoms with E-state index in [1.165, 1.54) is 0 Å². The van der Waals surface area contributed by atoms with Gasteiger partial charge in [-0.1, -0.05) is 27.7 Å². The summed E-state index contributed by atoms with van der Waals surface area (Å²) >= 11 is 0. The first-order valence-corrected chi connectivity index (χ1v) is 9.66.